The van der Waals surface area contributed by atoms with Crippen molar-refractivity contribution in [3.05, 3.63) is 48.2 Å². The van der Waals surface area contributed by atoms with Gasteiger partial charge in [-0.25, -0.2) is 0 Å². The van der Waals surface area contributed by atoms with E-state index in [1.54, 1.807) is 12.3 Å². The maximum atomic E-state index is 8.70. The minimum Gasteiger partial charge on any atom is -0.392 e. The number of hydrogen-bond donors (Lipinski definition) is 1. The second-order valence-corrected chi connectivity index (χ2v) is 3.00. The van der Waals surface area contributed by atoms with Gasteiger partial charge in [0, 0.05) is 11.6 Å². The molecule has 1 heterocycles. The predicted octanol–water partition coefficient (Wildman–Crippen LogP) is 2.24. The zero-order valence-corrected chi connectivity index (χ0v) is 7.72. The van der Waals surface area contributed by atoms with E-state index in [0.29, 0.717) is 0 Å². The van der Waals surface area contributed by atoms with Crippen molar-refractivity contribution in [1.29, 1.82) is 0 Å². The van der Waals surface area contributed by atoms with Crippen LogP contribution >= 0.6 is 0 Å². The van der Waals surface area contributed by atoms with Crippen LogP contribution in [0.3, 0.4) is 0 Å². The number of nitrogens with zero attached hydrogens (tertiary/aromatic N) is 1. The first-order valence-corrected chi connectivity index (χ1v) is 4.53. The number of benzene rings is 1. The van der Waals surface area contributed by atoms with E-state index >= 15 is 0 Å². The van der Waals surface area contributed by atoms with Gasteiger partial charge in [0.05, 0.1) is 12.1 Å². The molecular formula is C12H11NO. The van der Waals surface area contributed by atoms with Gasteiger partial charge in [0.15, 0.2) is 0 Å². The molecule has 1 aromatic carbocycles. The van der Waals surface area contributed by atoms with Crippen LogP contribution in [-0.2, 0) is 0 Å². The molecule has 0 spiro atoms. The second kappa shape index (κ2) is 4.03. The minimum absolute atomic E-state index is 0.0661. The lowest BCUT2D eigenvalue weighted by Crippen LogP contribution is -1.81. The molecule has 2 heteroatoms. The first-order valence-electron chi connectivity index (χ1n) is 4.53. The summed E-state index contributed by atoms with van der Waals surface area (Å²) in [6.45, 7) is 0.0661. The summed E-state index contributed by atoms with van der Waals surface area (Å²) in [5.41, 5.74) is 2.07. The normalized spacial score (nSPS) is 11.2. The maximum absolute atomic E-state index is 8.70. The molecule has 0 aliphatic carbocycles. The fourth-order valence-corrected chi connectivity index (χ4v) is 1.45. The van der Waals surface area contributed by atoms with Crippen molar-refractivity contribution in [3.8, 4) is 0 Å². The summed E-state index contributed by atoms with van der Waals surface area (Å²) in [5, 5.41) is 9.81. The Hall–Kier alpha value is -1.67. The highest BCUT2D eigenvalue weighted by molar-refractivity contribution is 5.87. The maximum Gasteiger partial charge on any atom is 0.0707 e. The highest BCUT2D eigenvalue weighted by Crippen LogP contribution is 2.17. The smallest absolute Gasteiger partial charge is 0.0707 e. The van der Waals surface area contributed by atoms with Crippen molar-refractivity contribution in [1.82, 2.24) is 4.98 Å². The topological polar surface area (TPSA) is 33.1 Å². The molecule has 2 rings (SSSR count). The van der Waals surface area contributed by atoms with Crippen molar-refractivity contribution in [2.24, 2.45) is 0 Å². The second-order valence-electron chi connectivity index (χ2n) is 3.00. The van der Waals surface area contributed by atoms with Gasteiger partial charge in [-0.1, -0.05) is 30.4 Å². The molecule has 0 amide bonds. The van der Waals surface area contributed by atoms with Gasteiger partial charge in [-0.15, -0.1) is 0 Å². The number of aliphatic hydroxyl groups excluding tert-OH is 1. The van der Waals surface area contributed by atoms with Crippen LogP contribution in [0.1, 0.15) is 5.56 Å². The van der Waals surface area contributed by atoms with E-state index < -0.39 is 0 Å². The molecule has 0 saturated carbocycles. The summed E-state index contributed by atoms with van der Waals surface area (Å²) in [6, 6.07) is 9.90. The van der Waals surface area contributed by atoms with Crippen LogP contribution in [0, 0.1) is 0 Å². The molecule has 0 saturated heterocycles. The number of rotatable bonds is 2. The Morgan fingerprint density at radius 2 is 2.14 bits per heavy atom. The third-order valence-corrected chi connectivity index (χ3v) is 2.08. The minimum atomic E-state index is 0.0661. The number of aromatic nitrogens is 1. The average Bonchev–Trinajstić information content (AvgIpc) is 2.26. The van der Waals surface area contributed by atoms with Crippen LogP contribution in [0.15, 0.2) is 42.6 Å². The molecule has 0 unspecified atom stereocenters. The molecule has 70 valence electrons. The van der Waals surface area contributed by atoms with Crippen LogP contribution in [-0.4, -0.2) is 16.7 Å². The Balaban J connectivity index is 2.59. The highest BCUT2D eigenvalue weighted by Gasteiger charge is 1.96. The third-order valence-electron chi connectivity index (χ3n) is 2.08. The molecule has 0 aliphatic rings. The van der Waals surface area contributed by atoms with E-state index in [9.17, 15) is 0 Å². The molecule has 1 aromatic heterocycles. The SMILES string of the molecule is OCC=Cc1cccc2ncccc12. The zero-order chi connectivity index (χ0) is 9.80. The van der Waals surface area contributed by atoms with E-state index in [0.717, 1.165) is 16.5 Å². The Labute approximate surface area is 82.5 Å². The van der Waals surface area contributed by atoms with Crippen molar-refractivity contribution in [2.45, 2.75) is 0 Å². The molecular weight excluding hydrogens is 174 g/mol. The molecule has 2 aromatic rings. The van der Waals surface area contributed by atoms with Gasteiger partial charge in [0.25, 0.3) is 0 Å². The van der Waals surface area contributed by atoms with Gasteiger partial charge in [0.2, 0.25) is 0 Å². The predicted molar refractivity (Wildman–Crippen MR) is 57.9 cm³/mol. The van der Waals surface area contributed by atoms with E-state index in [1.165, 1.54) is 0 Å². The first kappa shape index (κ1) is 8.91. The number of pyridine rings is 1. The van der Waals surface area contributed by atoms with Crippen molar-refractivity contribution in [2.75, 3.05) is 6.61 Å². The van der Waals surface area contributed by atoms with Crippen LogP contribution in [0.5, 0.6) is 0 Å². The molecule has 0 radical (unpaired) electrons. The lowest BCUT2D eigenvalue weighted by atomic mass is 10.1. The highest BCUT2D eigenvalue weighted by atomic mass is 16.2. The monoisotopic (exact) mass is 185 g/mol. The van der Waals surface area contributed by atoms with E-state index in [4.69, 9.17) is 5.11 Å². The van der Waals surface area contributed by atoms with Gasteiger partial charge in [-0.2, -0.15) is 0 Å². The lowest BCUT2D eigenvalue weighted by Gasteiger charge is -1.99. The first-order chi connectivity index (χ1) is 6.92. The van der Waals surface area contributed by atoms with Crippen molar-refractivity contribution in [3.63, 3.8) is 0 Å². The quantitative estimate of drug-likeness (QED) is 0.778. The zero-order valence-electron chi connectivity index (χ0n) is 7.72. The van der Waals surface area contributed by atoms with Crippen LogP contribution in [0.2, 0.25) is 0 Å². The summed E-state index contributed by atoms with van der Waals surface area (Å²) in [7, 11) is 0. The fourth-order valence-electron chi connectivity index (χ4n) is 1.45. The molecule has 0 fully saturated rings. The molecule has 0 atom stereocenters. The Morgan fingerprint density at radius 1 is 1.21 bits per heavy atom. The molecule has 0 aliphatic heterocycles. The fraction of sp³-hybridized carbons (Fsp3) is 0.0833. The lowest BCUT2D eigenvalue weighted by molar-refractivity contribution is 0.343. The van der Waals surface area contributed by atoms with Gasteiger partial charge in [0.1, 0.15) is 0 Å². The van der Waals surface area contributed by atoms with E-state index in [1.807, 2.05) is 36.4 Å². The average molecular weight is 185 g/mol. The third kappa shape index (κ3) is 1.65. The Morgan fingerprint density at radius 3 is 3.00 bits per heavy atom. The summed E-state index contributed by atoms with van der Waals surface area (Å²) >= 11 is 0. The summed E-state index contributed by atoms with van der Waals surface area (Å²) < 4.78 is 0. The molecule has 2 nitrogen and oxygen atoms in total. The number of aliphatic hydroxyl groups is 1. The summed E-state index contributed by atoms with van der Waals surface area (Å²) in [6.07, 6.45) is 5.41. The van der Waals surface area contributed by atoms with Gasteiger partial charge in [-0.05, 0) is 17.7 Å². The van der Waals surface area contributed by atoms with Crippen molar-refractivity contribution >= 4 is 17.0 Å². The Kier molecular flexibility index (Phi) is 2.56. The van der Waals surface area contributed by atoms with Crippen LogP contribution in [0.4, 0.5) is 0 Å². The van der Waals surface area contributed by atoms with E-state index in [2.05, 4.69) is 4.98 Å². The van der Waals surface area contributed by atoms with E-state index in [-0.39, 0.29) is 6.61 Å². The molecule has 0 bridgehead atoms. The van der Waals surface area contributed by atoms with Crippen LogP contribution in [0.25, 0.3) is 17.0 Å². The molecule has 14 heavy (non-hydrogen) atoms. The largest absolute Gasteiger partial charge is 0.392 e. The number of fused-ring (bicyclic) bond motifs is 1. The van der Waals surface area contributed by atoms with Crippen molar-refractivity contribution < 1.29 is 5.11 Å². The van der Waals surface area contributed by atoms with Crippen LogP contribution < -0.4 is 0 Å². The Bertz CT molecular complexity index is 457. The standard InChI is InChI=1S/C12H11NO/c14-9-3-5-10-4-1-7-12-11(10)6-2-8-13-12/h1-8,14H,9H2. The summed E-state index contributed by atoms with van der Waals surface area (Å²) in [5.74, 6) is 0. The number of hydrogen-bond acceptors (Lipinski definition) is 2. The van der Waals surface area contributed by atoms with Gasteiger partial charge < -0.3 is 5.11 Å². The molecule has 1 N–H and O–H groups in total. The summed E-state index contributed by atoms with van der Waals surface area (Å²) in [4.78, 5) is 4.25. The van der Waals surface area contributed by atoms with Gasteiger partial charge in [-0.3, -0.25) is 4.98 Å². The van der Waals surface area contributed by atoms with Gasteiger partial charge >= 0.3 is 0 Å².